The number of hydrogen-bond donors (Lipinski definition) is 1. The van der Waals surface area contributed by atoms with Crippen LogP contribution in [0.5, 0.6) is 0 Å². The second-order valence-corrected chi connectivity index (χ2v) is 4.50. The lowest BCUT2D eigenvalue weighted by Crippen LogP contribution is -2.28. The minimum Gasteiger partial charge on any atom is -0.314 e. The Morgan fingerprint density at radius 2 is 2.00 bits per heavy atom. The van der Waals surface area contributed by atoms with E-state index in [1.807, 2.05) is 6.07 Å². The van der Waals surface area contributed by atoms with Crippen LogP contribution in [0.25, 0.3) is 0 Å². The summed E-state index contributed by atoms with van der Waals surface area (Å²) in [5.74, 6) is 0.394. The largest absolute Gasteiger partial charge is 0.314 e. The molecule has 0 aliphatic heterocycles. The molecule has 1 unspecified atom stereocenters. The van der Waals surface area contributed by atoms with E-state index in [2.05, 4.69) is 26.1 Å². The maximum atomic E-state index is 12.9. The van der Waals surface area contributed by atoms with Crippen molar-refractivity contribution in [1.82, 2.24) is 5.32 Å². The van der Waals surface area contributed by atoms with Gasteiger partial charge in [-0.15, -0.1) is 0 Å². The molecule has 1 N–H and O–H groups in total. The first kappa shape index (κ1) is 12.2. The molecule has 0 aliphatic carbocycles. The van der Waals surface area contributed by atoms with E-state index < -0.39 is 0 Å². The normalized spacial score (nSPS) is 13.1. The maximum Gasteiger partial charge on any atom is 0.123 e. The van der Waals surface area contributed by atoms with Crippen molar-refractivity contribution >= 4 is 0 Å². The first-order valence-electron chi connectivity index (χ1n) is 5.55. The highest BCUT2D eigenvalue weighted by atomic mass is 19.1. The van der Waals surface area contributed by atoms with Crippen molar-refractivity contribution in [2.24, 2.45) is 5.92 Å². The molecule has 1 atom stereocenters. The zero-order valence-electron chi connectivity index (χ0n) is 9.76. The van der Waals surface area contributed by atoms with Gasteiger partial charge < -0.3 is 5.32 Å². The maximum absolute atomic E-state index is 12.9. The minimum absolute atomic E-state index is 0.142. The van der Waals surface area contributed by atoms with Gasteiger partial charge in [0.05, 0.1) is 0 Å². The molecule has 1 nitrogen and oxygen atoms in total. The Hall–Kier alpha value is -0.890. The van der Waals surface area contributed by atoms with Crippen molar-refractivity contribution < 1.29 is 4.39 Å². The van der Waals surface area contributed by atoms with E-state index >= 15 is 0 Å². The van der Waals surface area contributed by atoms with Crippen molar-refractivity contribution in [1.29, 1.82) is 0 Å². The number of hydrogen-bond acceptors (Lipinski definition) is 1. The third-order valence-corrected chi connectivity index (χ3v) is 2.35. The minimum atomic E-state index is -0.142. The molecular formula is C13H20FN. The summed E-state index contributed by atoms with van der Waals surface area (Å²) in [5, 5.41) is 3.39. The lowest BCUT2D eigenvalue weighted by Gasteiger charge is -2.14. The molecule has 0 amide bonds. The fourth-order valence-corrected chi connectivity index (χ4v) is 1.58. The molecule has 0 bridgehead atoms. The summed E-state index contributed by atoms with van der Waals surface area (Å²) in [5.41, 5.74) is 1.08. The van der Waals surface area contributed by atoms with Crippen LogP contribution in [0.3, 0.4) is 0 Å². The summed E-state index contributed by atoms with van der Waals surface area (Å²) in [6.45, 7) is 7.43. The summed E-state index contributed by atoms with van der Waals surface area (Å²) >= 11 is 0. The number of benzene rings is 1. The van der Waals surface area contributed by atoms with Crippen molar-refractivity contribution in [2.75, 3.05) is 6.54 Å². The second-order valence-electron chi connectivity index (χ2n) is 4.50. The highest BCUT2D eigenvalue weighted by Crippen LogP contribution is 2.09. The Balaban J connectivity index is 2.40. The van der Waals surface area contributed by atoms with Gasteiger partial charge in [-0.25, -0.2) is 4.39 Å². The average Bonchev–Trinajstić information content (AvgIpc) is 2.15. The van der Waals surface area contributed by atoms with E-state index in [4.69, 9.17) is 0 Å². The predicted octanol–water partition coefficient (Wildman–Crippen LogP) is 3.00. The van der Waals surface area contributed by atoms with Crippen LogP contribution >= 0.6 is 0 Å². The third-order valence-electron chi connectivity index (χ3n) is 2.35. The van der Waals surface area contributed by atoms with E-state index in [9.17, 15) is 4.39 Å². The van der Waals surface area contributed by atoms with Gasteiger partial charge in [-0.05, 0) is 36.6 Å². The van der Waals surface area contributed by atoms with Gasteiger partial charge in [0.15, 0.2) is 0 Å². The quantitative estimate of drug-likeness (QED) is 0.786. The van der Waals surface area contributed by atoms with Crippen LogP contribution in [-0.2, 0) is 6.42 Å². The smallest absolute Gasteiger partial charge is 0.123 e. The van der Waals surface area contributed by atoms with Crippen LogP contribution in [0.1, 0.15) is 26.3 Å². The van der Waals surface area contributed by atoms with Crippen LogP contribution < -0.4 is 5.32 Å². The second kappa shape index (κ2) is 5.86. The molecule has 1 aromatic carbocycles. The highest BCUT2D eigenvalue weighted by Gasteiger charge is 2.04. The molecule has 0 saturated carbocycles. The van der Waals surface area contributed by atoms with Gasteiger partial charge in [-0.1, -0.05) is 32.9 Å². The zero-order valence-corrected chi connectivity index (χ0v) is 9.76. The Morgan fingerprint density at radius 3 is 2.60 bits per heavy atom. The van der Waals surface area contributed by atoms with Gasteiger partial charge in [0.25, 0.3) is 0 Å². The summed E-state index contributed by atoms with van der Waals surface area (Å²) in [6.07, 6.45) is 0.928. The summed E-state index contributed by atoms with van der Waals surface area (Å²) in [7, 11) is 0. The summed E-state index contributed by atoms with van der Waals surface area (Å²) in [6, 6.07) is 7.37. The molecule has 15 heavy (non-hydrogen) atoms. The predicted molar refractivity (Wildman–Crippen MR) is 62.4 cm³/mol. The molecule has 0 radical (unpaired) electrons. The highest BCUT2D eigenvalue weighted by molar-refractivity contribution is 5.16. The average molecular weight is 209 g/mol. The Bertz CT molecular complexity index is 296. The molecule has 1 aromatic rings. The molecule has 0 saturated heterocycles. The van der Waals surface area contributed by atoms with Gasteiger partial charge in [0.1, 0.15) is 5.82 Å². The van der Waals surface area contributed by atoms with E-state index in [0.717, 1.165) is 18.5 Å². The van der Waals surface area contributed by atoms with Crippen LogP contribution in [-0.4, -0.2) is 12.6 Å². The Kier molecular flexibility index (Phi) is 4.76. The molecule has 0 aliphatic rings. The SMILES string of the molecule is CC(CNC(C)C)Cc1cccc(F)c1. The topological polar surface area (TPSA) is 12.0 Å². The lowest BCUT2D eigenvalue weighted by molar-refractivity contribution is 0.475. The number of rotatable bonds is 5. The number of halogens is 1. The molecule has 0 fully saturated rings. The van der Waals surface area contributed by atoms with Gasteiger partial charge >= 0.3 is 0 Å². The van der Waals surface area contributed by atoms with Gasteiger partial charge in [0.2, 0.25) is 0 Å². The van der Waals surface area contributed by atoms with E-state index in [0.29, 0.717) is 12.0 Å². The van der Waals surface area contributed by atoms with Crippen LogP contribution in [0.4, 0.5) is 4.39 Å². The molecule has 0 heterocycles. The fourth-order valence-electron chi connectivity index (χ4n) is 1.58. The summed E-state index contributed by atoms with van der Waals surface area (Å²) < 4.78 is 12.9. The van der Waals surface area contributed by atoms with E-state index in [-0.39, 0.29) is 5.82 Å². The first-order valence-corrected chi connectivity index (χ1v) is 5.55. The molecule has 84 valence electrons. The van der Waals surface area contributed by atoms with Crippen LogP contribution in [0.15, 0.2) is 24.3 Å². The zero-order chi connectivity index (χ0) is 11.3. The Morgan fingerprint density at radius 1 is 1.27 bits per heavy atom. The van der Waals surface area contributed by atoms with Gasteiger partial charge in [-0.2, -0.15) is 0 Å². The third kappa shape index (κ3) is 4.93. The van der Waals surface area contributed by atoms with Gasteiger partial charge in [0, 0.05) is 6.04 Å². The molecule has 0 spiro atoms. The van der Waals surface area contributed by atoms with Gasteiger partial charge in [-0.3, -0.25) is 0 Å². The molecule has 2 heteroatoms. The van der Waals surface area contributed by atoms with E-state index in [1.54, 1.807) is 12.1 Å². The first-order chi connectivity index (χ1) is 7.08. The molecular weight excluding hydrogens is 189 g/mol. The fraction of sp³-hybridized carbons (Fsp3) is 0.538. The van der Waals surface area contributed by atoms with Crippen LogP contribution in [0.2, 0.25) is 0 Å². The Labute approximate surface area is 91.7 Å². The standard InChI is InChI=1S/C13H20FN/c1-10(2)15-9-11(3)7-12-5-4-6-13(14)8-12/h4-6,8,10-11,15H,7,9H2,1-3H3. The van der Waals surface area contributed by atoms with Crippen molar-refractivity contribution in [3.05, 3.63) is 35.6 Å². The van der Waals surface area contributed by atoms with E-state index in [1.165, 1.54) is 6.07 Å². The van der Waals surface area contributed by atoms with Crippen molar-refractivity contribution in [3.63, 3.8) is 0 Å². The summed E-state index contributed by atoms with van der Waals surface area (Å²) in [4.78, 5) is 0. The molecule has 1 rings (SSSR count). The monoisotopic (exact) mass is 209 g/mol. The van der Waals surface area contributed by atoms with Crippen molar-refractivity contribution in [2.45, 2.75) is 33.2 Å². The van der Waals surface area contributed by atoms with Crippen molar-refractivity contribution in [3.8, 4) is 0 Å². The number of nitrogens with one attached hydrogen (secondary N) is 1. The lowest BCUT2D eigenvalue weighted by atomic mass is 10.0. The van der Waals surface area contributed by atoms with Crippen LogP contribution in [0, 0.1) is 11.7 Å². The molecule has 0 aromatic heterocycles.